The van der Waals surface area contributed by atoms with E-state index in [-0.39, 0.29) is 0 Å². The number of hydrogen-bond donors (Lipinski definition) is 0. The van der Waals surface area contributed by atoms with Gasteiger partial charge in [0.1, 0.15) is 0 Å². The third-order valence-corrected chi connectivity index (χ3v) is 4.20. The van der Waals surface area contributed by atoms with Gasteiger partial charge < -0.3 is 0 Å². The van der Waals surface area contributed by atoms with Gasteiger partial charge in [-0.3, -0.25) is 4.79 Å². The van der Waals surface area contributed by atoms with Crippen molar-refractivity contribution < 1.29 is 4.79 Å². The van der Waals surface area contributed by atoms with Gasteiger partial charge in [-0.1, -0.05) is 31.8 Å². The van der Waals surface area contributed by atoms with Crippen LogP contribution in [-0.4, -0.2) is 5.78 Å². The maximum Gasteiger partial charge on any atom is 0.161 e. The summed E-state index contributed by atoms with van der Waals surface area (Å²) in [5.41, 5.74) is 2.77. The summed E-state index contributed by atoms with van der Waals surface area (Å²) in [5.74, 6) is 0.905. The lowest BCUT2D eigenvalue weighted by Gasteiger charge is -2.07. The van der Waals surface area contributed by atoms with E-state index in [1.165, 1.54) is 56.1 Å². The molecule has 0 N–H and O–H groups in total. The van der Waals surface area contributed by atoms with E-state index in [0.717, 1.165) is 19.3 Å². The molecular formula is C15H24O. The van der Waals surface area contributed by atoms with Crippen LogP contribution in [0, 0.1) is 5.92 Å². The summed E-state index contributed by atoms with van der Waals surface area (Å²) in [5, 5.41) is 0. The Morgan fingerprint density at radius 3 is 2.56 bits per heavy atom. The molecular weight excluding hydrogens is 196 g/mol. The van der Waals surface area contributed by atoms with Crippen LogP contribution in [0.1, 0.15) is 71.1 Å². The van der Waals surface area contributed by atoms with Crippen LogP contribution in [0.3, 0.4) is 0 Å². The molecule has 0 aromatic heterocycles. The highest BCUT2D eigenvalue weighted by atomic mass is 16.1. The van der Waals surface area contributed by atoms with Crippen molar-refractivity contribution in [2.45, 2.75) is 71.1 Å². The zero-order chi connectivity index (χ0) is 11.4. The Hall–Kier alpha value is -0.590. The minimum Gasteiger partial charge on any atom is -0.294 e. The third-order valence-electron chi connectivity index (χ3n) is 4.20. The Labute approximate surface area is 99.3 Å². The summed E-state index contributed by atoms with van der Waals surface area (Å²) in [7, 11) is 0. The van der Waals surface area contributed by atoms with Crippen LogP contribution in [0.4, 0.5) is 0 Å². The van der Waals surface area contributed by atoms with Gasteiger partial charge in [0.05, 0.1) is 0 Å². The van der Waals surface area contributed by atoms with Gasteiger partial charge in [0, 0.05) is 5.92 Å². The highest BCUT2D eigenvalue weighted by Crippen LogP contribution is 2.37. The second-order valence-corrected chi connectivity index (χ2v) is 5.38. The van der Waals surface area contributed by atoms with Crippen molar-refractivity contribution in [1.82, 2.24) is 0 Å². The first-order chi connectivity index (χ1) is 7.83. The molecule has 2 saturated carbocycles. The topological polar surface area (TPSA) is 17.1 Å². The van der Waals surface area contributed by atoms with E-state index in [0.29, 0.717) is 11.7 Å². The molecule has 1 atom stereocenters. The van der Waals surface area contributed by atoms with E-state index in [1.54, 1.807) is 0 Å². The molecule has 0 aromatic rings. The maximum atomic E-state index is 12.2. The van der Waals surface area contributed by atoms with Crippen LogP contribution in [0.5, 0.6) is 0 Å². The molecule has 2 fully saturated rings. The van der Waals surface area contributed by atoms with Crippen molar-refractivity contribution in [3.63, 3.8) is 0 Å². The first-order valence-electron chi connectivity index (χ1n) is 7.08. The molecule has 1 unspecified atom stereocenters. The van der Waals surface area contributed by atoms with Crippen LogP contribution >= 0.6 is 0 Å². The molecule has 0 amide bonds. The van der Waals surface area contributed by atoms with Crippen molar-refractivity contribution in [1.29, 1.82) is 0 Å². The zero-order valence-corrected chi connectivity index (χ0v) is 10.6. The third kappa shape index (κ3) is 2.56. The van der Waals surface area contributed by atoms with Crippen LogP contribution in [0.2, 0.25) is 0 Å². The molecule has 2 aliphatic rings. The van der Waals surface area contributed by atoms with Crippen molar-refractivity contribution in [3.8, 4) is 0 Å². The monoisotopic (exact) mass is 220 g/mol. The predicted molar refractivity (Wildman–Crippen MR) is 67.4 cm³/mol. The molecule has 1 heteroatoms. The van der Waals surface area contributed by atoms with Gasteiger partial charge in [-0.15, -0.1) is 0 Å². The van der Waals surface area contributed by atoms with Crippen LogP contribution in [0.15, 0.2) is 11.1 Å². The molecule has 0 saturated heterocycles. The Bertz CT molecular complexity index is 280. The minimum atomic E-state index is 0.384. The first-order valence-corrected chi connectivity index (χ1v) is 7.08. The standard InChI is InChI=1S/C15H24O/c1-2-3-4-9-13-10-11-14(15(13)16)12-7-5-6-8-12/h13H,2-11H2,1H3. The Morgan fingerprint density at radius 1 is 1.12 bits per heavy atom. The lowest BCUT2D eigenvalue weighted by molar-refractivity contribution is -0.118. The Morgan fingerprint density at radius 2 is 1.88 bits per heavy atom. The number of hydrogen-bond acceptors (Lipinski definition) is 1. The fourth-order valence-corrected chi connectivity index (χ4v) is 3.19. The first kappa shape index (κ1) is 11.9. The number of allylic oxidation sites excluding steroid dienone is 2. The summed E-state index contributed by atoms with van der Waals surface area (Å²) in [6.07, 6.45) is 12.2. The molecule has 1 nitrogen and oxygen atoms in total. The van der Waals surface area contributed by atoms with Crippen LogP contribution in [0.25, 0.3) is 0 Å². The number of carbonyl (C=O) groups excluding carboxylic acids is 1. The van der Waals surface area contributed by atoms with Crippen molar-refractivity contribution in [3.05, 3.63) is 11.1 Å². The molecule has 0 heterocycles. The van der Waals surface area contributed by atoms with E-state index < -0.39 is 0 Å². The van der Waals surface area contributed by atoms with Gasteiger partial charge in [0.15, 0.2) is 5.78 Å². The normalized spacial score (nSPS) is 25.8. The van der Waals surface area contributed by atoms with Crippen LogP contribution in [-0.2, 0) is 4.79 Å². The summed E-state index contributed by atoms with van der Waals surface area (Å²) in [6, 6.07) is 0. The maximum absolute atomic E-state index is 12.2. The van der Waals surface area contributed by atoms with E-state index in [2.05, 4.69) is 6.92 Å². The molecule has 0 bridgehead atoms. The summed E-state index contributed by atoms with van der Waals surface area (Å²) >= 11 is 0. The summed E-state index contributed by atoms with van der Waals surface area (Å²) in [6.45, 7) is 2.22. The highest BCUT2D eigenvalue weighted by Gasteiger charge is 2.31. The average molecular weight is 220 g/mol. The Balaban J connectivity index is 1.91. The molecule has 0 aromatic carbocycles. The van der Waals surface area contributed by atoms with Crippen molar-refractivity contribution >= 4 is 5.78 Å². The van der Waals surface area contributed by atoms with E-state index >= 15 is 0 Å². The van der Waals surface area contributed by atoms with Gasteiger partial charge in [-0.05, 0) is 50.5 Å². The van der Waals surface area contributed by atoms with Gasteiger partial charge in [0.2, 0.25) is 0 Å². The highest BCUT2D eigenvalue weighted by molar-refractivity contribution is 6.00. The molecule has 0 aliphatic heterocycles. The second-order valence-electron chi connectivity index (χ2n) is 5.38. The van der Waals surface area contributed by atoms with Crippen LogP contribution < -0.4 is 0 Å². The van der Waals surface area contributed by atoms with Gasteiger partial charge in [-0.2, -0.15) is 0 Å². The minimum absolute atomic E-state index is 0.384. The summed E-state index contributed by atoms with van der Waals surface area (Å²) in [4.78, 5) is 12.2. The fraction of sp³-hybridized carbons (Fsp3) is 0.800. The van der Waals surface area contributed by atoms with E-state index in [1.807, 2.05) is 0 Å². The van der Waals surface area contributed by atoms with Gasteiger partial charge in [0.25, 0.3) is 0 Å². The number of ketones is 1. The smallest absolute Gasteiger partial charge is 0.161 e. The van der Waals surface area contributed by atoms with Crippen molar-refractivity contribution in [2.24, 2.45) is 5.92 Å². The van der Waals surface area contributed by atoms with E-state index in [4.69, 9.17) is 0 Å². The van der Waals surface area contributed by atoms with Crippen molar-refractivity contribution in [2.75, 3.05) is 0 Å². The Kier molecular flexibility index (Phi) is 4.20. The molecule has 2 aliphatic carbocycles. The number of unbranched alkanes of at least 4 members (excludes halogenated alkanes) is 2. The molecule has 90 valence electrons. The van der Waals surface area contributed by atoms with E-state index in [9.17, 15) is 4.79 Å². The SMILES string of the molecule is CCCCCC1CCC(=C2CCCC2)C1=O. The number of rotatable bonds is 4. The molecule has 16 heavy (non-hydrogen) atoms. The zero-order valence-electron chi connectivity index (χ0n) is 10.6. The van der Waals surface area contributed by atoms with Gasteiger partial charge >= 0.3 is 0 Å². The predicted octanol–water partition coefficient (Wildman–Crippen LogP) is 4.42. The van der Waals surface area contributed by atoms with Gasteiger partial charge in [-0.25, -0.2) is 0 Å². The number of carbonyl (C=O) groups is 1. The average Bonchev–Trinajstić information content (AvgIpc) is 2.89. The molecule has 0 radical (unpaired) electrons. The molecule has 2 rings (SSSR count). The molecule has 0 spiro atoms. The lowest BCUT2D eigenvalue weighted by Crippen LogP contribution is -2.08. The largest absolute Gasteiger partial charge is 0.294 e. The quantitative estimate of drug-likeness (QED) is 0.506. The fourth-order valence-electron chi connectivity index (χ4n) is 3.19. The summed E-state index contributed by atoms with van der Waals surface area (Å²) < 4.78 is 0. The lowest BCUT2D eigenvalue weighted by atomic mass is 9.97. The number of Topliss-reactive ketones (excluding diaryl/α,β-unsaturated/α-hetero) is 1. The second kappa shape index (κ2) is 5.65.